The largest absolute Gasteiger partial charge is 0.461 e. The second-order valence-corrected chi connectivity index (χ2v) is 3.20. The third-order valence-corrected chi connectivity index (χ3v) is 1.75. The fraction of sp³-hybridized carbons (Fsp3) is 0.364. The number of ether oxygens (including phenoxy) is 1. The van der Waals surface area contributed by atoms with E-state index in [-0.39, 0.29) is 5.97 Å². The van der Waals surface area contributed by atoms with Crippen LogP contribution in [0.15, 0.2) is 30.5 Å². The van der Waals surface area contributed by atoms with Gasteiger partial charge in [0.15, 0.2) is 0 Å². The standard InChI is InChI=1S/C11H15NO2/c1-4-14-11(13)10-6-5-7-12(10)8-9(2)3/h5-7H,2,4,8H2,1,3H3. The van der Waals surface area contributed by atoms with Crippen LogP contribution in [0.25, 0.3) is 0 Å². The van der Waals surface area contributed by atoms with Crippen LogP contribution in [0.2, 0.25) is 0 Å². The lowest BCUT2D eigenvalue weighted by Crippen LogP contribution is -2.12. The van der Waals surface area contributed by atoms with Gasteiger partial charge < -0.3 is 9.30 Å². The van der Waals surface area contributed by atoms with Crippen molar-refractivity contribution in [3.63, 3.8) is 0 Å². The Morgan fingerprint density at radius 1 is 1.64 bits per heavy atom. The number of hydrogen-bond acceptors (Lipinski definition) is 2. The van der Waals surface area contributed by atoms with Gasteiger partial charge in [-0.15, -0.1) is 0 Å². The maximum absolute atomic E-state index is 11.4. The van der Waals surface area contributed by atoms with Crippen LogP contribution in [0, 0.1) is 0 Å². The number of esters is 1. The first-order valence-electron chi connectivity index (χ1n) is 4.61. The number of hydrogen-bond donors (Lipinski definition) is 0. The number of allylic oxidation sites excluding steroid dienone is 1. The van der Waals surface area contributed by atoms with Crippen molar-refractivity contribution in [2.75, 3.05) is 6.61 Å². The molecule has 0 N–H and O–H groups in total. The van der Waals surface area contributed by atoms with Gasteiger partial charge in [0.25, 0.3) is 0 Å². The predicted octanol–water partition coefficient (Wildman–Crippen LogP) is 2.24. The highest BCUT2D eigenvalue weighted by atomic mass is 16.5. The van der Waals surface area contributed by atoms with Crippen molar-refractivity contribution in [3.8, 4) is 0 Å². The molecule has 0 radical (unpaired) electrons. The zero-order chi connectivity index (χ0) is 10.6. The zero-order valence-corrected chi connectivity index (χ0v) is 8.62. The molecule has 0 bridgehead atoms. The first-order valence-corrected chi connectivity index (χ1v) is 4.61. The molecule has 14 heavy (non-hydrogen) atoms. The minimum Gasteiger partial charge on any atom is -0.461 e. The molecule has 0 fully saturated rings. The molecule has 0 aliphatic rings. The van der Waals surface area contributed by atoms with Crippen LogP contribution < -0.4 is 0 Å². The smallest absolute Gasteiger partial charge is 0.354 e. The van der Waals surface area contributed by atoms with Gasteiger partial charge in [0, 0.05) is 12.7 Å². The van der Waals surface area contributed by atoms with Crippen LogP contribution in [0.1, 0.15) is 24.3 Å². The molecule has 0 unspecified atom stereocenters. The molecule has 0 aromatic carbocycles. The van der Waals surface area contributed by atoms with Gasteiger partial charge >= 0.3 is 5.97 Å². The highest BCUT2D eigenvalue weighted by molar-refractivity contribution is 5.87. The van der Waals surface area contributed by atoms with Crippen molar-refractivity contribution in [1.29, 1.82) is 0 Å². The van der Waals surface area contributed by atoms with E-state index in [9.17, 15) is 4.79 Å². The van der Waals surface area contributed by atoms with E-state index in [1.165, 1.54) is 0 Å². The van der Waals surface area contributed by atoms with Crippen molar-refractivity contribution < 1.29 is 9.53 Å². The quantitative estimate of drug-likeness (QED) is 0.542. The lowest BCUT2D eigenvalue weighted by molar-refractivity contribution is 0.0514. The minimum absolute atomic E-state index is 0.279. The van der Waals surface area contributed by atoms with E-state index < -0.39 is 0 Å². The minimum atomic E-state index is -0.279. The second kappa shape index (κ2) is 4.65. The summed E-state index contributed by atoms with van der Waals surface area (Å²) in [6.07, 6.45) is 1.85. The average Bonchev–Trinajstić information content (AvgIpc) is 2.51. The number of carbonyl (C=O) groups excluding carboxylic acids is 1. The Hall–Kier alpha value is -1.51. The monoisotopic (exact) mass is 193 g/mol. The van der Waals surface area contributed by atoms with Crippen LogP contribution in [-0.4, -0.2) is 17.1 Å². The number of aromatic nitrogens is 1. The Morgan fingerprint density at radius 3 is 2.93 bits per heavy atom. The molecule has 3 heteroatoms. The summed E-state index contributed by atoms with van der Waals surface area (Å²) in [7, 11) is 0. The van der Waals surface area contributed by atoms with Gasteiger partial charge in [0.1, 0.15) is 5.69 Å². The summed E-state index contributed by atoms with van der Waals surface area (Å²) >= 11 is 0. The van der Waals surface area contributed by atoms with Gasteiger partial charge in [-0.3, -0.25) is 0 Å². The Balaban J connectivity index is 2.81. The van der Waals surface area contributed by atoms with E-state index in [1.807, 2.05) is 23.8 Å². The van der Waals surface area contributed by atoms with Gasteiger partial charge in [-0.05, 0) is 26.0 Å². The van der Waals surface area contributed by atoms with Crippen LogP contribution in [0.5, 0.6) is 0 Å². The summed E-state index contributed by atoms with van der Waals surface area (Å²) in [4.78, 5) is 11.4. The summed E-state index contributed by atoms with van der Waals surface area (Å²) in [5.74, 6) is -0.279. The maximum atomic E-state index is 11.4. The highest BCUT2D eigenvalue weighted by Crippen LogP contribution is 2.06. The molecule has 0 spiro atoms. The van der Waals surface area contributed by atoms with Gasteiger partial charge in [0.2, 0.25) is 0 Å². The van der Waals surface area contributed by atoms with Crippen molar-refractivity contribution in [2.24, 2.45) is 0 Å². The van der Waals surface area contributed by atoms with E-state index in [0.717, 1.165) is 5.57 Å². The summed E-state index contributed by atoms with van der Waals surface area (Å²) in [6.45, 7) is 8.58. The Morgan fingerprint density at radius 2 is 2.36 bits per heavy atom. The lowest BCUT2D eigenvalue weighted by atomic mass is 10.3. The second-order valence-electron chi connectivity index (χ2n) is 3.20. The summed E-state index contributed by atoms with van der Waals surface area (Å²) < 4.78 is 6.75. The van der Waals surface area contributed by atoms with E-state index in [1.54, 1.807) is 13.0 Å². The molecule has 1 aromatic heterocycles. The molecule has 0 saturated heterocycles. The Labute approximate surface area is 84.0 Å². The van der Waals surface area contributed by atoms with Gasteiger partial charge in [-0.1, -0.05) is 12.2 Å². The van der Waals surface area contributed by atoms with Gasteiger partial charge in [0.05, 0.1) is 6.61 Å². The fourth-order valence-corrected chi connectivity index (χ4v) is 1.23. The molecule has 0 aliphatic carbocycles. The molecule has 0 amide bonds. The molecule has 0 saturated carbocycles. The SMILES string of the molecule is C=C(C)Cn1cccc1C(=O)OCC. The van der Waals surface area contributed by atoms with Gasteiger partial charge in [-0.25, -0.2) is 4.79 Å². The van der Waals surface area contributed by atoms with Crippen molar-refractivity contribution in [3.05, 3.63) is 36.2 Å². The summed E-state index contributed by atoms with van der Waals surface area (Å²) in [5.41, 5.74) is 1.58. The van der Waals surface area contributed by atoms with Crippen molar-refractivity contribution in [1.82, 2.24) is 4.57 Å². The molecule has 0 atom stereocenters. The zero-order valence-electron chi connectivity index (χ0n) is 8.62. The Kier molecular flexibility index (Phi) is 3.51. The van der Waals surface area contributed by atoms with Crippen LogP contribution in [0.4, 0.5) is 0 Å². The van der Waals surface area contributed by atoms with E-state index in [0.29, 0.717) is 18.8 Å². The van der Waals surface area contributed by atoms with Crippen LogP contribution in [-0.2, 0) is 11.3 Å². The number of rotatable bonds is 4. The topological polar surface area (TPSA) is 31.2 Å². The molecular weight excluding hydrogens is 178 g/mol. The molecule has 1 rings (SSSR count). The summed E-state index contributed by atoms with van der Waals surface area (Å²) in [5, 5.41) is 0. The molecular formula is C11H15NO2. The molecule has 1 heterocycles. The van der Waals surface area contributed by atoms with E-state index >= 15 is 0 Å². The first-order chi connectivity index (χ1) is 6.65. The third-order valence-electron chi connectivity index (χ3n) is 1.75. The van der Waals surface area contributed by atoms with Crippen LogP contribution in [0.3, 0.4) is 0 Å². The van der Waals surface area contributed by atoms with E-state index in [4.69, 9.17) is 4.74 Å². The number of carbonyl (C=O) groups is 1. The molecule has 3 nitrogen and oxygen atoms in total. The summed E-state index contributed by atoms with van der Waals surface area (Å²) in [6, 6.07) is 3.58. The fourth-order valence-electron chi connectivity index (χ4n) is 1.23. The van der Waals surface area contributed by atoms with Crippen LogP contribution >= 0.6 is 0 Å². The number of nitrogens with zero attached hydrogens (tertiary/aromatic N) is 1. The van der Waals surface area contributed by atoms with E-state index in [2.05, 4.69) is 6.58 Å². The average molecular weight is 193 g/mol. The Bertz CT molecular complexity index is 339. The first kappa shape index (κ1) is 10.6. The van der Waals surface area contributed by atoms with Gasteiger partial charge in [-0.2, -0.15) is 0 Å². The third kappa shape index (κ3) is 2.49. The van der Waals surface area contributed by atoms with Crippen molar-refractivity contribution in [2.45, 2.75) is 20.4 Å². The molecule has 1 aromatic rings. The van der Waals surface area contributed by atoms with Crippen molar-refractivity contribution >= 4 is 5.97 Å². The normalized spacial score (nSPS) is 9.86. The highest BCUT2D eigenvalue weighted by Gasteiger charge is 2.10. The maximum Gasteiger partial charge on any atom is 0.354 e. The predicted molar refractivity (Wildman–Crippen MR) is 55.2 cm³/mol. The lowest BCUT2D eigenvalue weighted by Gasteiger charge is -2.07. The molecule has 0 aliphatic heterocycles. The molecule has 76 valence electrons.